The number of benzene rings is 2. The van der Waals surface area contributed by atoms with E-state index in [9.17, 15) is 9.59 Å². The van der Waals surface area contributed by atoms with Gasteiger partial charge in [-0.25, -0.2) is 0 Å². The molecule has 25 heavy (non-hydrogen) atoms. The van der Waals surface area contributed by atoms with E-state index in [1.165, 1.54) is 4.90 Å². The highest BCUT2D eigenvalue weighted by Gasteiger charge is 2.28. The average molecular weight is 332 g/mol. The van der Waals surface area contributed by atoms with Crippen LogP contribution in [0.5, 0.6) is 0 Å². The Labute approximate surface area is 145 Å². The molecule has 3 rings (SSSR count). The molecule has 1 N–H and O–H groups in total. The van der Waals surface area contributed by atoms with Crippen LogP contribution >= 0.6 is 0 Å². The highest BCUT2D eigenvalue weighted by molar-refractivity contribution is 6.08. The van der Waals surface area contributed by atoms with Gasteiger partial charge in [-0.1, -0.05) is 18.2 Å². The number of fused-ring (bicyclic) bond motifs is 1. The lowest BCUT2D eigenvalue weighted by Gasteiger charge is -2.19. The maximum atomic E-state index is 12.5. The van der Waals surface area contributed by atoms with E-state index in [0.29, 0.717) is 29.5 Å². The Morgan fingerprint density at radius 1 is 1.24 bits per heavy atom. The first-order chi connectivity index (χ1) is 12.1. The van der Waals surface area contributed by atoms with Crippen LogP contribution in [0.15, 0.2) is 36.4 Å². The van der Waals surface area contributed by atoms with Crippen LogP contribution in [0.25, 0.3) is 10.8 Å². The molecule has 1 aliphatic heterocycles. The molecule has 2 amide bonds. The SMILES string of the molecule is N#Cc1ccc2cccc(C(=O)NCC(=O)N3CCC[C@H]3C#N)c2c1. The fraction of sp³-hybridized carbons (Fsp3) is 0.263. The average Bonchev–Trinajstić information content (AvgIpc) is 3.13. The highest BCUT2D eigenvalue weighted by Crippen LogP contribution is 2.20. The van der Waals surface area contributed by atoms with Gasteiger partial charge in [0.15, 0.2) is 0 Å². The molecular weight excluding hydrogens is 316 g/mol. The van der Waals surface area contributed by atoms with E-state index in [1.54, 1.807) is 30.3 Å². The molecular formula is C19H16N4O2. The zero-order valence-electron chi connectivity index (χ0n) is 13.5. The van der Waals surface area contributed by atoms with E-state index in [0.717, 1.165) is 11.8 Å². The number of hydrogen-bond donors (Lipinski definition) is 1. The first-order valence-corrected chi connectivity index (χ1v) is 8.04. The van der Waals surface area contributed by atoms with Gasteiger partial charge in [-0.2, -0.15) is 10.5 Å². The van der Waals surface area contributed by atoms with Crippen LogP contribution in [0.3, 0.4) is 0 Å². The van der Waals surface area contributed by atoms with Crippen LogP contribution in [-0.4, -0.2) is 35.8 Å². The summed E-state index contributed by atoms with van der Waals surface area (Å²) in [5.41, 5.74) is 0.887. The quantitative estimate of drug-likeness (QED) is 0.929. The Bertz CT molecular complexity index is 923. The Kier molecular flexibility index (Phi) is 4.63. The van der Waals surface area contributed by atoms with Gasteiger partial charge in [0.25, 0.3) is 5.91 Å². The molecule has 6 heteroatoms. The van der Waals surface area contributed by atoms with Crippen LogP contribution in [0.2, 0.25) is 0 Å². The molecule has 0 unspecified atom stereocenters. The lowest BCUT2D eigenvalue weighted by Crippen LogP contribution is -2.42. The fourth-order valence-electron chi connectivity index (χ4n) is 3.09. The van der Waals surface area contributed by atoms with E-state index < -0.39 is 6.04 Å². The van der Waals surface area contributed by atoms with Gasteiger partial charge in [-0.15, -0.1) is 0 Å². The second kappa shape index (κ2) is 7.02. The second-order valence-electron chi connectivity index (χ2n) is 5.91. The van der Waals surface area contributed by atoms with Crippen molar-refractivity contribution in [2.24, 2.45) is 0 Å². The minimum Gasteiger partial charge on any atom is -0.343 e. The summed E-state index contributed by atoms with van der Waals surface area (Å²) < 4.78 is 0. The molecule has 2 aromatic rings. The molecule has 0 aromatic heterocycles. The zero-order chi connectivity index (χ0) is 17.8. The van der Waals surface area contributed by atoms with Crippen molar-refractivity contribution in [3.63, 3.8) is 0 Å². The Morgan fingerprint density at radius 3 is 2.84 bits per heavy atom. The predicted octanol–water partition coefficient (Wildman–Crippen LogP) is 1.96. The summed E-state index contributed by atoms with van der Waals surface area (Å²) in [5, 5.41) is 22.2. The normalized spacial score (nSPS) is 16.2. The third-order valence-electron chi connectivity index (χ3n) is 4.38. The monoisotopic (exact) mass is 332 g/mol. The first-order valence-electron chi connectivity index (χ1n) is 8.04. The summed E-state index contributed by atoms with van der Waals surface area (Å²) in [6.07, 6.45) is 1.48. The number of nitrogens with one attached hydrogen (secondary N) is 1. The molecule has 1 saturated heterocycles. The first kappa shape index (κ1) is 16.5. The van der Waals surface area contributed by atoms with Crippen LogP contribution in [0, 0.1) is 22.7 Å². The molecule has 124 valence electrons. The van der Waals surface area contributed by atoms with Crippen molar-refractivity contribution in [2.45, 2.75) is 18.9 Å². The van der Waals surface area contributed by atoms with Gasteiger partial charge in [-0.3, -0.25) is 9.59 Å². The van der Waals surface area contributed by atoms with Crippen molar-refractivity contribution in [1.29, 1.82) is 10.5 Å². The summed E-state index contributed by atoms with van der Waals surface area (Å²) in [6.45, 7) is 0.401. The van der Waals surface area contributed by atoms with Crippen molar-refractivity contribution in [3.05, 3.63) is 47.5 Å². The molecule has 0 radical (unpaired) electrons. The largest absolute Gasteiger partial charge is 0.343 e. The Balaban J connectivity index is 1.76. The number of carbonyl (C=O) groups excluding carboxylic acids is 2. The van der Waals surface area contributed by atoms with Gasteiger partial charge in [0.1, 0.15) is 6.04 Å². The summed E-state index contributed by atoms with van der Waals surface area (Å²) in [6, 6.07) is 14.2. The summed E-state index contributed by atoms with van der Waals surface area (Å²) in [4.78, 5) is 26.2. The van der Waals surface area contributed by atoms with Crippen LogP contribution in [0.4, 0.5) is 0 Å². The molecule has 1 atom stereocenters. The van der Waals surface area contributed by atoms with E-state index in [2.05, 4.69) is 17.5 Å². The van der Waals surface area contributed by atoms with Crippen LogP contribution in [0.1, 0.15) is 28.8 Å². The van der Waals surface area contributed by atoms with Gasteiger partial charge in [-0.05, 0) is 41.8 Å². The fourth-order valence-corrected chi connectivity index (χ4v) is 3.09. The van der Waals surface area contributed by atoms with E-state index in [4.69, 9.17) is 10.5 Å². The van der Waals surface area contributed by atoms with Gasteiger partial charge in [0, 0.05) is 12.1 Å². The molecule has 0 spiro atoms. The standard InChI is InChI=1S/C19H16N4O2/c20-10-13-6-7-14-3-1-5-16(17(14)9-13)19(25)22-12-18(24)23-8-2-4-15(23)11-21/h1,3,5-7,9,15H,2,4,8,12H2,(H,22,25)/t15-/m0/s1. The minimum atomic E-state index is -0.403. The number of amides is 2. The van der Waals surface area contributed by atoms with Crippen molar-refractivity contribution in [2.75, 3.05) is 13.1 Å². The molecule has 0 bridgehead atoms. The van der Waals surface area contributed by atoms with E-state index in [-0.39, 0.29) is 18.4 Å². The number of likely N-dealkylation sites (tertiary alicyclic amines) is 1. The highest BCUT2D eigenvalue weighted by atomic mass is 16.2. The van der Waals surface area contributed by atoms with E-state index >= 15 is 0 Å². The number of carbonyl (C=O) groups is 2. The number of rotatable bonds is 3. The van der Waals surface area contributed by atoms with Crippen molar-refractivity contribution in [3.8, 4) is 12.1 Å². The molecule has 1 aliphatic rings. The lowest BCUT2D eigenvalue weighted by atomic mass is 10.0. The Morgan fingerprint density at radius 2 is 2.08 bits per heavy atom. The van der Waals surface area contributed by atoms with Crippen LogP contribution in [-0.2, 0) is 4.79 Å². The van der Waals surface area contributed by atoms with Gasteiger partial charge < -0.3 is 10.2 Å². The third kappa shape index (κ3) is 3.29. The van der Waals surface area contributed by atoms with Gasteiger partial charge >= 0.3 is 0 Å². The van der Waals surface area contributed by atoms with Crippen molar-refractivity contribution >= 4 is 22.6 Å². The smallest absolute Gasteiger partial charge is 0.252 e. The number of nitriles is 2. The topological polar surface area (TPSA) is 97.0 Å². The van der Waals surface area contributed by atoms with E-state index in [1.807, 2.05) is 6.07 Å². The summed E-state index contributed by atoms with van der Waals surface area (Å²) in [7, 11) is 0. The van der Waals surface area contributed by atoms with Crippen LogP contribution < -0.4 is 5.32 Å². The maximum Gasteiger partial charge on any atom is 0.252 e. The van der Waals surface area contributed by atoms with Crippen molar-refractivity contribution < 1.29 is 9.59 Å². The third-order valence-corrected chi connectivity index (χ3v) is 4.38. The molecule has 0 saturated carbocycles. The number of hydrogen-bond acceptors (Lipinski definition) is 4. The molecule has 1 heterocycles. The minimum absolute atomic E-state index is 0.147. The molecule has 0 aliphatic carbocycles. The molecule has 2 aromatic carbocycles. The lowest BCUT2D eigenvalue weighted by molar-refractivity contribution is -0.130. The summed E-state index contributed by atoms with van der Waals surface area (Å²) >= 11 is 0. The van der Waals surface area contributed by atoms with Gasteiger partial charge in [0.2, 0.25) is 5.91 Å². The second-order valence-corrected chi connectivity index (χ2v) is 5.91. The maximum absolute atomic E-state index is 12.5. The zero-order valence-corrected chi connectivity index (χ0v) is 13.5. The van der Waals surface area contributed by atoms with Crippen molar-refractivity contribution in [1.82, 2.24) is 10.2 Å². The summed E-state index contributed by atoms with van der Waals surface area (Å²) in [5.74, 6) is -0.628. The Hall–Kier alpha value is -3.38. The molecule has 1 fully saturated rings. The molecule has 6 nitrogen and oxygen atoms in total. The number of nitrogens with zero attached hydrogens (tertiary/aromatic N) is 3. The van der Waals surface area contributed by atoms with Gasteiger partial charge in [0.05, 0.1) is 24.2 Å². The predicted molar refractivity (Wildman–Crippen MR) is 91.3 cm³/mol.